The number of rotatable bonds is 0. The highest BCUT2D eigenvalue weighted by molar-refractivity contribution is 6.36. The van der Waals surface area contributed by atoms with E-state index in [9.17, 15) is 0 Å². The fourth-order valence-electron chi connectivity index (χ4n) is 1.12. The number of anilines is 1. The van der Waals surface area contributed by atoms with Crippen LogP contribution in [0.1, 0.15) is 5.56 Å². The molecule has 0 saturated heterocycles. The molecule has 2 rings (SSSR count). The first kappa shape index (κ1) is 13.7. The average molecular weight is 270 g/mol. The Morgan fingerprint density at radius 1 is 1.06 bits per heavy atom. The van der Waals surface area contributed by atoms with Crippen LogP contribution in [0, 0.1) is 6.92 Å². The van der Waals surface area contributed by atoms with E-state index in [4.69, 9.17) is 34.0 Å². The second-order valence-corrected chi connectivity index (χ2v) is 4.32. The Bertz CT molecular complexity index is 463. The summed E-state index contributed by atoms with van der Waals surface area (Å²) >= 11 is 11.1. The van der Waals surface area contributed by atoms with Gasteiger partial charge in [0, 0.05) is 5.02 Å². The van der Waals surface area contributed by atoms with Crippen molar-refractivity contribution in [1.82, 2.24) is 0 Å². The first-order valence-electron chi connectivity index (χ1n) is 4.96. The van der Waals surface area contributed by atoms with Crippen LogP contribution in [-0.2, 0) is 0 Å². The molecule has 3 N–H and O–H groups in total. The lowest BCUT2D eigenvalue weighted by molar-refractivity contribution is 0.478. The number of hydrogen-bond acceptors (Lipinski definition) is 2. The highest BCUT2D eigenvalue weighted by Gasteiger charge is 2.02. The summed E-state index contributed by atoms with van der Waals surface area (Å²) in [5.41, 5.74) is 6.82. The molecular formula is C13H13Cl2NO. The molecule has 0 aliphatic carbocycles. The standard InChI is InChI=1S/C7H8.C6H5Cl2NO/c1-7-5-3-2-4-6-7;7-3-1-4(8)6(10)5(9)2-3/h2-6H,1H3;1-2,10H,9H2. The van der Waals surface area contributed by atoms with Crippen LogP contribution < -0.4 is 5.73 Å². The van der Waals surface area contributed by atoms with Gasteiger partial charge in [0.1, 0.15) is 0 Å². The SMILES string of the molecule is Cc1ccccc1.Nc1cc(Cl)cc(Cl)c1O. The van der Waals surface area contributed by atoms with Gasteiger partial charge in [0.2, 0.25) is 0 Å². The quantitative estimate of drug-likeness (QED) is 0.554. The molecular weight excluding hydrogens is 257 g/mol. The minimum absolute atomic E-state index is 0.119. The summed E-state index contributed by atoms with van der Waals surface area (Å²) in [6, 6.07) is 13.1. The van der Waals surface area contributed by atoms with Crippen LogP contribution in [-0.4, -0.2) is 5.11 Å². The van der Waals surface area contributed by atoms with E-state index in [-0.39, 0.29) is 16.5 Å². The molecule has 2 aromatic rings. The lowest BCUT2D eigenvalue weighted by atomic mass is 10.2. The van der Waals surface area contributed by atoms with Crippen molar-refractivity contribution in [2.24, 2.45) is 0 Å². The van der Waals surface area contributed by atoms with Crippen molar-refractivity contribution in [3.05, 3.63) is 58.1 Å². The molecule has 0 radical (unpaired) electrons. The van der Waals surface area contributed by atoms with Gasteiger partial charge in [-0.3, -0.25) is 0 Å². The fourth-order valence-corrected chi connectivity index (χ4v) is 1.63. The molecule has 2 nitrogen and oxygen atoms in total. The van der Waals surface area contributed by atoms with Crippen LogP contribution in [0.5, 0.6) is 5.75 Å². The molecule has 0 fully saturated rings. The van der Waals surface area contributed by atoms with Gasteiger partial charge < -0.3 is 10.8 Å². The Balaban J connectivity index is 0.000000181. The van der Waals surface area contributed by atoms with Gasteiger partial charge in [-0.2, -0.15) is 0 Å². The van der Waals surface area contributed by atoms with Crippen molar-refractivity contribution < 1.29 is 5.11 Å². The van der Waals surface area contributed by atoms with E-state index in [1.807, 2.05) is 18.2 Å². The van der Waals surface area contributed by atoms with Crippen LogP contribution in [0.3, 0.4) is 0 Å². The molecule has 4 heteroatoms. The summed E-state index contributed by atoms with van der Waals surface area (Å²) < 4.78 is 0. The second kappa shape index (κ2) is 6.38. The lowest BCUT2D eigenvalue weighted by Crippen LogP contribution is -1.85. The number of aromatic hydroxyl groups is 1. The van der Waals surface area contributed by atoms with E-state index in [0.29, 0.717) is 5.02 Å². The molecule has 0 aliphatic rings. The summed E-state index contributed by atoms with van der Waals surface area (Å²) in [4.78, 5) is 0. The molecule has 2 aromatic carbocycles. The molecule has 17 heavy (non-hydrogen) atoms. The van der Waals surface area contributed by atoms with Gasteiger partial charge in [0.05, 0.1) is 10.7 Å². The molecule has 0 aliphatic heterocycles. The predicted octanol–water partition coefficient (Wildman–Crippen LogP) is 4.28. The molecule has 0 heterocycles. The van der Waals surface area contributed by atoms with Crippen LogP contribution in [0.4, 0.5) is 5.69 Å². The van der Waals surface area contributed by atoms with Crippen LogP contribution >= 0.6 is 23.2 Å². The first-order chi connectivity index (χ1) is 8.00. The van der Waals surface area contributed by atoms with Gasteiger partial charge in [-0.1, -0.05) is 59.1 Å². The number of phenolic OH excluding ortho intramolecular Hbond substituents is 1. The average Bonchev–Trinajstić information content (AvgIpc) is 2.27. The number of aryl methyl sites for hydroxylation is 1. The molecule has 0 bridgehead atoms. The zero-order valence-corrected chi connectivity index (χ0v) is 10.8. The van der Waals surface area contributed by atoms with E-state index < -0.39 is 0 Å². The number of benzene rings is 2. The van der Waals surface area contributed by atoms with Crippen molar-refractivity contribution in [3.63, 3.8) is 0 Å². The highest BCUT2D eigenvalue weighted by Crippen LogP contribution is 2.32. The van der Waals surface area contributed by atoms with E-state index in [2.05, 4.69) is 19.1 Å². The summed E-state index contributed by atoms with van der Waals surface area (Å²) in [5, 5.41) is 9.60. The van der Waals surface area contributed by atoms with Crippen molar-refractivity contribution in [2.45, 2.75) is 6.92 Å². The van der Waals surface area contributed by atoms with Crippen molar-refractivity contribution in [2.75, 3.05) is 5.73 Å². The Kier molecular flexibility index (Phi) is 5.13. The Morgan fingerprint density at radius 2 is 1.65 bits per heavy atom. The third-order valence-corrected chi connectivity index (χ3v) is 2.50. The van der Waals surface area contributed by atoms with Gasteiger partial charge in [0.25, 0.3) is 0 Å². The van der Waals surface area contributed by atoms with Crippen molar-refractivity contribution in [1.29, 1.82) is 0 Å². The van der Waals surface area contributed by atoms with Gasteiger partial charge >= 0.3 is 0 Å². The number of nitrogens with two attached hydrogens (primary N) is 1. The minimum atomic E-state index is -0.119. The normalized spacial score (nSPS) is 9.35. The zero-order valence-electron chi connectivity index (χ0n) is 9.32. The maximum absolute atomic E-state index is 9.02. The Morgan fingerprint density at radius 3 is 2.06 bits per heavy atom. The van der Waals surface area contributed by atoms with Crippen molar-refractivity contribution in [3.8, 4) is 5.75 Å². The van der Waals surface area contributed by atoms with Gasteiger partial charge in [-0.15, -0.1) is 0 Å². The van der Waals surface area contributed by atoms with Crippen LogP contribution in [0.25, 0.3) is 0 Å². The lowest BCUT2D eigenvalue weighted by Gasteiger charge is -2.00. The fraction of sp³-hybridized carbons (Fsp3) is 0.0769. The van der Waals surface area contributed by atoms with E-state index >= 15 is 0 Å². The van der Waals surface area contributed by atoms with Gasteiger partial charge in [0.15, 0.2) is 5.75 Å². The van der Waals surface area contributed by atoms with Crippen LogP contribution in [0.15, 0.2) is 42.5 Å². The number of hydrogen-bond donors (Lipinski definition) is 2. The molecule has 0 saturated carbocycles. The largest absolute Gasteiger partial charge is 0.504 e. The molecule has 0 amide bonds. The molecule has 0 spiro atoms. The summed E-state index contributed by atoms with van der Waals surface area (Å²) in [6.07, 6.45) is 0. The second-order valence-electron chi connectivity index (χ2n) is 3.48. The molecule has 0 aromatic heterocycles. The first-order valence-corrected chi connectivity index (χ1v) is 5.71. The number of phenols is 1. The zero-order chi connectivity index (χ0) is 12.8. The smallest absolute Gasteiger partial charge is 0.157 e. The Labute approximate surface area is 111 Å². The molecule has 0 atom stereocenters. The summed E-state index contributed by atoms with van der Waals surface area (Å²) in [5.74, 6) is -0.119. The van der Waals surface area contributed by atoms with E-state index in [0.717, 1.165) is 0 Å². The number of halogens is 2. The maximum Gasteiger partial charge on any atom is 0.157 e. The Hall–Kier alpha value is -1.38. The van der Waals surface area contributed by atoms with Gasteiger partial charge in [-0.25, -0.2) is 0 Å². The predicted molar refractivity (Wildman–Crippen MR) is 73.7 cm³/mol. The summed E-state index contributed by atoms with van der Waals surface area (Å²) in [7, 11) is 0. The minimum Gasteiger partial charge on any atom is -0.504 e. The third kappa shape index (κ3) is 4.55. The monoisotopic (exact) mass is 269 g/mol. The highest BCUT2D eigenvalue weighted by atomic mass is 35.5. The molecule has 0 unspecified atom stereocenters. The topological polar surface area (TPSA) is 46.2 Å². The third-order valence-electron chi connectivity index (χ3n) is 2.00. The maximum atomic E-state index is 9.02. The van der Waals surface area contributed by atoms with Gasteiger partial charge in [-0.05, 0) is 19.1 Å². The van der Waals surface area contributed by atoms with E-state index in [1.54, 1.807) is 0 Å². The van der Waals surface area contributed by atoms with E-state index in [1.165, 1.54) is 17.7 Å². The molecule has 90 valence electrons. The van der Waals surface area contributed by atoms with Crippen LogP contribution in [0.2, 0.25) is 10.0 Å². The number of nitrogen functional groups attached to an aromatic ring is 1. The van der Waals surface area contributed by atoms with Crippen molar-refractivity contribution >= 4 is 28.9 Å². The summed E-state index contributed by atoms with van der Waals surface area (Å²) in [6.45, 7) is 2.08.